The number of amidine groups is 1. The van der Waals surface area contributed by atoms with E-state index in [2.05, 4.69) is 22.3 Å². The Hall–Kier alpha value is -0.810. The summed E-state index contributed by atoms with van der Waals surface area (Å²) in [5.74, 6) is 0.366. The van der Waals surface area contributed by atoms with Gasteiger partial charge in [0, 0.05) is 25.6 Å². The van der Waals surface area contributed by atoms with E-state index in [0.717, 1.165) is 26.1 Å². The van der Waals surface area contributed by atoms with Crippen LogP contribution in [0.25, 0.3) is 0 Å². The normalized spacial score (nSPS) is 27.6. The Morgan fingerprint density at radius 3 is 2.94 bits per heavy atom. The minimum Gasteiger partial charge on any atom is -0.409 e. The summed E-state index contributed by atoms with van der Waals surface area (Å²) in [5.41, 5.74) is 5.87. The smallest absolute Gasteiger partial charge is 0.139 e. The first kappa shape index (κ1) is 13.6. The number of hydrogen-bond donors (Lipinski definition) is 3. The van der Waals surface area contributed by atoms with Crippen LogP contribution >= 0.6 is 0 Å². The Labute approximate surface area is 109 Å². The molecule has 2 aliphatic rings. The molecule has 18 heavy (non-hydrogen) atoms. The van der Waals surface area contributed by atoms with Crippen LogP contribution in [0.15, 0.2) is 5.16 Å². The van der Waals surface area contributed by atoms with E-state index in [-0.39, 0.29) is 5.41 Å². The molecule has 1 atom stereocenters. The van der Waals surface area contributed by atoms with Gasteiger partial charge in [-0.1, -0.05) is 12.1 Å². The summed E-state index contributed by atoms with van der Waals surface area (Å²) in [6.07, 6.45) is 5.75. The van der Waals surface area contributed by atoms with Gasteiger partial charge in [0.1, 0.15) is 5.84 Å². The van der Waals surface area contributed by atoms with Crippen molar-refractivity contribution in [3.63, 3.8) is 0 Å². The van der Waals surface area contributed by atoms with E-state index < -0.39 is 0 Å². The Morgan fingerprint density at radius 2 is 2.33 bits per heavy atom. The molecular formula is C13H26N4O. The molecule has 104 valence electrons. The fourth-order valence-corrected chi connectivity index (χ4v) is 3.06. The highest BCUT2D eigenvalue weighted by molar-refractivity contribution is 5.80. The number of likely N-dealkylation sites (N-methyl/N-ethyl adjacent to an activating group) is 1. The third-order valence-electron chi connectivity index (χ3n) is 4.43. The van der Waals surface area contributed by atoms with Crippen molar-refractivity contribution in [3.05, 3.63) is 0 Å². The van der Waals surface area contributed by atoms with Crippen LogP contribution in [-0.2, 0) is 0 Å². The molecule has 0 radical (unpaired) electrons. The van der Waals surface area contributed by atoms with E-state index in [1.807, 2.05) is 0 Å². The Morgan fingerprint density at radius 1 is 1.56 bits per heavy atom. The zero-order valence-electron chi connectivity index (χ0n) is 11.4. The van der Waals surface area contributed by atoms with Crippen LogP contribution in [0.4, 0.5) is 0 Å². The molecule has 0 bridgehead atoms. The maximum Gasteiger partial charge on any atom is 0.139 e. The van der Waals surface area contributed by atoms with Crippen molar-refractivity contribution in [2.75, 3.05) is 26.2 Å². The van der Waals surface area contributed by atoms with E-state index in [1.165, 1.54) is 32.2 Å². The Bertz CT molecular complexity index is 301. The highest BCUT2D eigenvalue weighted by atomic mass is 16.4. The molecule has 1 aliphatic heterocycles. The lowest BCUT2D eigenvalue weighted by atomic mass is 10.0. The highest BCUT2D eigenvalue weighted by Gasteiger charge is 2.43. The second-order valence-electron chi connectivity index (χ2n) is 5.82. The molecular weight excluding hydrogens is 228 g/mol. The fraction of sp³-hybridized carbons (Fsp3) is 0.923. The van der Waals surface area contributed by atoms with Crippen LogP contribution in [0.5, 0.6) is 0 Å². The average molecular weight is 254 g/mol. The van der Waals surface area contributed by atoms with E-state index in [0.29, 0.717) is 11.9 Å². The van der Waals surface area contributed by atoms with Gasteiger partial charge >= 0.3 is 0 Å². The summed E-state index contributed by atoms with van der Waals surface area (Å²) in [6.45, 7) is 6.71. The monoisotopic (exact) mass is 254 g/mol. The van der Waals surface area contributed by atoms with Crippen molar-refractivity contribution in [1.29, 1.82) is 0 Å². The van der Waals surface area contributed by atoms with E-state index in [1.54, 1.807) is 0 Å². The van der Waals surface area contributed by atoms with Gasteiger partial charge in [0.25, 0.3) is 0 Å². The van der Waals surface area contributed by atoms with Crippen molar-refractivity contribution in [2.24, 2.45) is 16.3 Å². The van der Waals surface area contributed by atoms with E-state index in [9.17, 15) is 0 Å². The number of nitrogens with zero attached hydrogens (tertiary/aromatic N) is 2. The average Bonchev–Trinajstić information content (AvgIpc) is 2.97. The van der Waals surface area contributed by atoms with Gasteiger partial charge in [-0.2, -0.15) is 0 Å². The minimum absolute atomic E-state index is 0.270. The molecule has 0 spiro atoms. The zero-order chi connectivity index (χ0) is 13.0. The molecule has 0 aromatic carbocycles. The van der Waals surface area contributed by atoms with E-state index >= 15 is 0 Å². The topological polar surface area (TPSA) is 73.9 Å². The van der Waals surface area contributed by atoms with Crippen LogP contribution in [0.1, 0.15) is 39.0 Å². The van der Waals surface area contributed by atoms with E-state index in [4.69, 9.17) is 10.9 Å². The SMILES string of the molecule is CCN1CCCC1CNCC1(CC(N)=NO)CC1. The summed E-state index contributed by atoms with van der Waals surface area (Å²) in [4.78, 5) is 2.55. The van der Waals surface area contributed by atoms with Crippen molar-refractivity contribution < 1.29 is 5.21 Å². The highest BCUT2D eigenvalue weighted by Crippen LogP contribution is 2.48. The molecule has 1 saturated carbocycles. The maximum absolute atomic E-state index is 8.63. The fourth-order valence-electron chi connectivity index (χ4n) is 3.06. The quantitative estimate of drug-likeness (QED) is 0.274. The van der Waals surface area contributed by atoms with Gasteiger partial charge in [-0.3, -0.25) is 4.90 Å². The first-order valence-electron chi connectivity index (χ1n) is 7.10. The van der Waals surface area contributed by atoms with Crippen LogP contribution < -0.4 is 11.1 Å². The first-order valence-corrected chi connectivity index (χ1v) is 7.10. The van der Waals surface area contributed by atoms with Crippen LogP contribution in [-0.4, -0.2) is 48.2 Å². The lowest BCUT2D eigenvalue weighted by Crippen LogP contribution is -2.40. The van der Waals surface area contributed by atoms with Crippen molar-refractivity contribution >= 4 is 5.84 Å². The number of oxime groups is 1. The molecule has 1 unspecified atom stereocenters. The van der Waals surface area contributed by atoms with Gasteiger partial charge in [-0.25, -0.2) is 0 Å². The molecule has 4 N–H and O–H groups in total. The Kier molecular flexibility index (Phi) is 4.45. The molecule has 1 aliphatic carbocycles. The van der Waals surface area contributed by atoms with Crippen LogP contribution in [0, 0.1) is 5.41 Å². The second-order valence-corrected chi connectivity index (χ2v) is 5.82. The molecule has 5 nitrogen and oxygen atoms in total. The van der Waals surface area contributed by atoms with Gasteiger partial charge in [-0.05, 0) is 44.2 Å². The molecule has 0 aromatic heterocycles. The summed E-state index contributed by atoms with van der Waals surface area (Å²) >= 11 is 0. The lowest BCUT2D eigenvalue weighted by molar-refractivity contribution is 0.255. The molecule has 1 saturated heterocycles. The number of likely N-dealkylation sites (tertiary alicyclic amines) is 1. The van der Waals surface area contributed by atoms with Gasteiger partial charge < -0.3 is 16.3 Å². The molecule has 5 heteroatoms. The van der Waals surface area contributed by atoms with Crippen molar-refractivity contribution in [2.45, 2.75) is 45.1 Å². The standard InChI is InChI=1S/C13H26N4O/c1-2-17-7-3-4-11(17)9-15-10-13(5-6-13)8-12(14)16-18/h11,15,18H,2-10H2,1H3,(H2,14,16). The number of nitrogens with one attached hydrogen (secondary N) is 1. The second kappa shape index (κ2) is 5.89. The zero-order valence-corrected chi connectivity index (χ0v) is 11.4. The third kappa shape index (κ3) is 3.36. The van der Waals surface area contributed by atoms with Crippen LogP contribution in [0.2, 0.25) is 0 Å². The lowest BCUT2D eigenvalue weighted by Gasteiger charge is -2.24. The Balaban J connectivity index is 1.69. The number of hydrogen-bond acceptors (Lipinski definition) is 4. The van der Waals surface area contributed by atoms with Crippen molar-refractivity contribution in [3.8, 4) is 0 Å². The molecule has 1 heterocycles. The predicted octanol–water partition coefficient (Wildman–Crippen LogP) is 0.977. The summed E-state index contributed by atoms with van der Waals surface area (Å²) in [7, 11) is 0. The maximum atomic E-state index is 8.63. The number of rotatable bonds is 7. The minimum atomic E-state index is 0.270. The summed E-state index contributed by atoms with van der Waals surface area (Å²) < 4.78 is 0. The van der Waals surface area contributed by atoms with Gasteiger partial charge in [0.05, 0.1) is 0 Å². The van der Waals surface area contributed by atoms with Gasteiger partial charge in [0.2, 0.25) is 0 Å². The van der Waals surface area contributed by atoms with Crippen molar-refractivity contribution in [1.82, 2.24) is 10.2 Å². The molecule has 2 fully saturated rings. The molecule has 0 aromatic rings. The van der Waals surface area contributed by atoms with Crippen LogP contribution in [0.3, 0.4) is 0 Å². The molecule has 2 rings (SSSR count). The van der Waals surface area contributed by atoms with Gasteiger partial charge in [-0.15, -0.1) is 0 Å². The molecule has 0 amide bonds. The largest absolute Gasteiger partial charge is 0.409 e. The predicted molar refractivity (Wildman–Crippen MR) is 72.8 cm³/mol. The first-order chi connectivity index (χ1) is 8.69. The summed E-state index contributed by atoms with van der Waals surface area (Å²) in [5, 5.41) is 15.3. The van der Waals surface area contributed by atoms with Gasteiger partial charge in [0.15, 0.2) is 0 Å². The third-order valence-corrected chi connectivity index (χ3v) is 4.43. The summed E-state index contributed by atoms with van der Waals surface area (Å²) in [6, 6.07) is 0.703. The number of nitrogens with two attached hydrogens (primary N) is 1.